The van der Waals surface area contributed by atoms with Crippen molar-refractivity contribution in [3.05, 3.63) is 47.9 Å². The number of amides is 1. The fraction of sp³-hybridized carbons (Fsp3) is 0.500. The van der Waals surface area contributed by atoms with Crippen molar-refractivity contribution < 1.29 is 22.7 Å². The maximum Gasteiger partial charge on any atom is 0.416 e. The first kappa shape index (κ1) is 21.7. The van der Waals surface area contributed by atoms with Gasteiger partial charge >= 0.3 is 6.18 Å². The number of carbonyl (C=O) groups excluding carboxylic acids is 1. The van der Waals surface area contributed by atoms with Crippen molar-refractivity contribution in [1.29, 1.82) is 0 Å². The normalized spacial score (nSPS) is 20.6. The zero-order valence-electron chi connectivity index (χ0n) is 17.1. The van der Waals surface area contributed by atoms with Gasteiger partial charge in [-0.3, -0.25) is 19.7 Å². The Bertz CT molecular complexity index is 916. The lowest BCUT2D eigenvalue weighted by molar-refractivity contribution is -0.137. The Kier molecular flexibility index (Phi) is 6.52. The van der Waals surface area contributed by atoms with Crippen LogP contribution in [0.3, 0.4) is 0 Å². The van der Waals surface area contributed by atoms with Crippen LogP contribution in [0.1, 0.15) is 36.6 Å². The number of rotatable bonds is 4. The van der Waals surface area contributed by atoms with Crippen LogP contribution in [0.4, 0.5) is 13.2 Å². The number of alkyl halides is 3. The molecule has 1 aromatic carbocycles. The number of halogens is 3. The number of ether oxygens (including phenoxy) is 1. The molecule has 0 N–H and O–H groups in total. The van der Waals surface area contributed by atoms with Crippen LogP contribution in [-0.4, -0.2) is 65.0 Å². The summed E-state index contributed by atoms with van der Waals surface area (Å²) >= 11 is 0. The van der Waals surface area contributed by atoms with E-state index in [2.05, 4.69) is 9.97 Å². The summed E-state index contributed by atoms with van der Waals surface area (Å²) < 4.78 is 45.4. The van der Waals surface area contributed by atoms with Crippen molar-refractivity contribution in [3.8, 4) is 11.3 Å². The topological polar surface area (TPSA) is 58.6 Å². The van der Waals surface area contributed by atoms with E-state index in [0.717, 1.165) is 44.5 Å². The Morgan fingerprint density at radius 2 is 1.87 bits per heavy atom. The maximum absolute atomic E-state index is 13.2. The molecule has 2 aliphatic heterocycles. The van der Waals surface area contributed by atoms with Gasteiger partial charge < -0.3 is 9.64 Å². The van der Waals surface area contributed by atoms with Crippen LogP contribution in [0.5, 0.6) is 0 Å². The highest BCUT2D eigenvalue weighted by Gasteiger charge is 2.32. The summed E-state index contributed by atoms with van der Waals surface area (Å²) in [6.45, 7) is 3.38. The third-order valence-electron chi connectivity index (χ3n) is 5.71. The van der Waals surface area contributed by atoms with Gasteiger partial charge in [-0.05, 0) is 31.4 Å². The lowest BCUT2D eigenvalue weighted by Gasteiger charge is -2.35. The summed E-state index contributed by atoms with van der Waals surface area (Å²) in [5.41, 5.74) is 0.447. The lowest BCUT2D eigenvalue weighted by Crippen LogP contribution is -2.47. The molecular weight excluding hydrogens is 409 g/mol. The number of benzene rings is 1. The molecule has 1 aromatic heterocycles. The quantitative estimate of drug-likeness (QED) is 0.737. The predicted molar refractivity (Wildman–Crippen MR) is 108 cm³/mol. The first-order valence-electron chi connectivity index (χ1n) is 10.5. The summed E-state index contributed by atoms with van der Waals surface area (Å²) in [5.74, 6) is 0.109. The zero-order chi connectivity index (χ0) is 21.8. The van der Waals surface area contributed by atoms with Gasteiger partial charge in [0.25, 0.3) is 0 Å². The minimum atomic E-state index is -4.44. The molecule has 0 bridgehead atoms. The number of likely N-dealkylation sites (tertiary alicyclic amines) is 1. The van der Waals surface area contributed by atoms with Crippen LogP contribution < -0.4 is 0 Å². The van der Waals surface area contributed by atoms with Gasteiger partial charge in [0.15, 0.2) is 0 Å². The fourth-order valence-electron chi connectivity index (χ4n) is 4.10. The van der Waals surface area contributed by atoms with E-state index in [4.69, 9.17) is 4.74 Å². The van der Waals surface area contributed by atoms with Gasteiger partial charge in [0.05, 0.1) is 30.1 Å². The molecule has 1 amide bonds. The molecule has 2 aliphatic rings. The molecule has 0 spiro atoms. The van der Waals surface area contributed by atoms with Gasteiger partial charge in [0.2, 0.25) is 5.91 Å². The van der Waals surface area contributed by atoms with Crippen molar-refractivity contribution in [3.63, 3.8) is 0 Å². The summed E-state index contributed by atoms with van der Waals surface area (Å²) in [6, 6.07) is 5.06. The molecular formula is C22H25F3N4O2. The van der Waals surface area contributed by atoms with Crippen LogP contribution in [0.15, 0.2) is 36.7 Å². The standard InChI is InChI=1S/C22H25F3N4O2/c23-22(24,25)17-6-4-5-16(13-17)20-21(27-8-7-26-20)18-14-28(11-12-31-18)15-19(30)29-9-2-1-3-10-29/h4-8,13,18H,1-3,9-12,14-15H2/t18-/m0/s1. The highest BCUT2D eigenvalue weighted by molar-refractivity contribution is 5.78. The van der Waals surface area contributed by atoms with E-state index in [1.807, 2.05) is 9.80 Å². The second-order valence-corrected chi connectivity index (χ2v) is 7.90. The van der Waals surface area contributed by atoms with Crippen molar-refractivity contribution in [1.82, 2.24) is 19.8 Å². The highest BCUT2D eigenvalue weighted by atomic mass is 19.4. The monoisotopic (exact) mass is 434 g/mol. The maximum atomic E-state index is 13.2. The molecule has 3 heterocycles. The molecule has 31 heavy (non-hydrogen) atoms. The number of aromatic nitrogens is 2. The molecule has 0 unspecified atom stereocenters. The van der Waals surface area contributed by atoms with E-state index >= 15 is 0 Å². The van der Waals surface area contributed by atoms with Gasteiger partial charge in [0, 0.05) is 44.1 Å². The van der Waals surface area contributed by atoms with Crippen LogP contribution in [-0.2, 0) is 15.7 Å². The van der Waals surface area contributed by atoms with Crippen molar-refractivity contribution in [2.75, 3.05) is 39.3 Å². The zero-order valence-corrected chi connectivity index (χ0v) is 17.1. The van der Waals surface area contributed by atoms with Crippen LogP contribution >= 0.6 is 0 Å². The molecule has 4 rings (SSSR count). The Balaban J connectivity index is 1.52. The molecule has 2 saturated heterocycles. The molecule has 0 aliphatic carbocycles. The Hall–Kier alpha value is -2.52. The molecule has 6 nitrogen and oxygen atoms in total. The van der Waals surface area contributed by atoms with Gasteiger partial charge in [-0.1, -0.05) is 12.1 Å². The van der Waals surface area contributed by atoms with Crippen molar-refractivity contribution in [2.24, 2.45) is 0 Å². The van der Waals surface area contributed by atoms with Crippen molar-refractivity contribution in [2.45, 2.75) is 31.5 Å². The summed E-state index contributed by atoms with van der Waals surface area (Å²) in [4.78, 5) is 25.3. The Morgan fingerprint density at radius 1 is 1.10 bits per heavy atom. The summed E-state index contributed by atoms with van der Waals surface area (Å²) in [5, 5.41) is 0. The lowest BCUT2D eigenvalue weighted by atomic mass is 10.0. The molecule has 0 saturated carbocycles. The highest BCUT2D eigenvalue weighted by Crippen LogP contribution is 2.34. The van der Waals surface area contributed by atoms with E-state index in [0.29, 0.717) is 43.2 Å². The van der Waals surface area contributed by atoms with E-state index in [1.54, 1.807) is 6.07 Å². The Labute approximate surface area is 179 Å². The van der Waals surface area contributed by atoms with Gasteiger partial charge in [-0.25, -0.2) is 0 Å². The molecule has 2 aromatic rings. The van der Waals surface area contributed by atoms with Crippen molar-refractivity contribution >= 4 is 5.91 Å². The number of piperidine rings is 1. The van der Waals surface area contributed by atoms with E-state index in [-0.39, 0.29) is 5.91 Å². The smallest absolute Gasteiger partial charge is 0.369 e. The SMILES string of the molecule is O=C(CN1CCO[C@H](c2nccnc2-c2cccc(C(F)(F)F)c2)C1)N1CCCCC1. The van der Waals surface area contributed by atoms with Crippen LogP contribution in [0.2, 0.25) is 0 Å². The average molecular weight is 434 g/mol. The average Bonchev–Trinajstić information content (AvgIpc) is 2.79. The molecule has 0 radical (unpaired) electrons. The number of nitrogens with zero attached hydrogens (tertiary/aromatic N) is 4. The fourth-order valence-corrected chi connectivity index (χ4v) is 4.10. The molecule has 2 fully saturated rings. The molecule has 9 heteroatoms. The minimum Gasteiger partial charge on any atom is -0.369 e. The second kappa shape index (κ2) is 9.32. The second-order valence-electron chi connectivity index (χ2n) is 7.90. The third-order valence-corrected chi connectivity index (χ3v) is 5.71. The van der Waals surface area contributed by atoms with Crippen LogP contribution in [0.25, 0.3) is 11.3 Å². The van der Waals surface area contributed by atoms with Gasteiger partial charge in [-0.2, -0.15) is 13.2 Å². The Morgan fingerprint density at radius 3 is 2.65 bits per heavy atom. The summed E-state index contributed by atoms with van der Waals surface area (Å²) in [7, 11) is 0. The third kappa shape index (κ3) is 5.22. The molecule has 1 atom stereocenters. The number of morpholine rings is 1. The first-order chi connectivity index (χ1) is 14.9. The van der Waals surface area contributed by atoms with E-state index in [1.165, 1.54) is 18.5 Å². The number of hydrogen-bond acceptors (Lipinski definition) is 5. The largest absolute Gasteiger partial charge is 0.416 e. The van der Waals surface area contributed by atoms with Gasteiger partial charge in [-0.15, -0.1) is 0 Å². The molecule has 166 valence electrons. The predicted octanol–water partition coefficient (Wildman–Crippen LogP) is 3.55. The number of hydrogen-bond donors (Lipinski definition) is 0. The number of carbonyl (C=O) groups is 1. The van der Waals surface area contributed by atoms with Crippen LogP contribution in [0, 0.1) is 0 Å². The van der Waals surface area contributed by atoms with E-state index < -0.39 is 17.8 Å². The van der Waals surface area contributed by atoms with E-state index in [9.17, 15) is 18.0 Å². The summed E-state index contributed by atoms with van der Waals surface area (Å²) in [6.07, 6.45) is 1.29. The minimum absolute atomic E-state index is 0.109. The first-order valence-corrected chi connectivity index (χ1v) is 10.5. The van der Waals surface area contributed by atoms with Gasteiger partial charge in [0.1, 0.15) is 6.10 Å².